The number of anilines is 2. The molecule has 4 N–H and O–H groups in total. The number of nitriles is 2. The summed E-state index contributed by atoms with van der Waals surface area (Å²) in [5.41, 5.74) is -3.33. The van der Waals surface area contributed by atoms with E-state index in [9.17, 15) is 75.8 Å². The van der Waals surface area contributed by atoms with Crippen LogP contribution < -0.4 is 44.4 Å². The number of allylic oxidation sites excluding steroid dienone is 2. The van der Waals surface area contributed by atoms with Gasteiger partial charge in [-0.2, -0.15) is 36.9 Å². The number of carboxylic acid groups (broad SMARTS) is 2. The van der Waals surface area contributed by atoms with Crippen LogP contribution in [0.1, 0.15) is 59.3 Å². The molecule has 0 fully saturated rings. The fourth-order valence-electron chi connectivity index (χ4n) is 8.53. The Bertz CT molecular complexity index is 2800. The molecule has 24 heteroatoms. The van der Waals surface area contributed by atoms with Gasteiger partial charge in [-0.15, -0.1) is 0 Å². The van der Waals surface area contributed by atoms with Gasteiger partial charge in [0.15, 0.2) is 0 Å². The molecule has 6 amide bonds. The van der Waals surface area contributed by atoms with Crippen molar-refractivity contribution in [1.29, 1.82) is 10.5 Å². The number of benzene rings is 4. The average molecular weight is 1140 g/mol. The fraction of sp³-hybridized carbons (Fsp3) is 0.280. The van der Waals surface area contributed by atoms with Crippen LogP contribution >= 0.6 is 0 Å². The number of nitrogens with one attached hydrogen (secondary N) is 2. The topological polar surface area (TPSA) is 227 Å². The Kier molecular flexibility index (Phi) is 17.6. The van der Waals surface area contributed by atoms with E-state index in [1.807, 2.05) is 12.1 Å². The first-order valence-electron chi connectivity index (χ1n) is 22.1. The lowest BCUT2D eigenvalue weighted by molar-refractivity contribution is -0.887. The van der Waals surface area contributed by atoms with E-state index < -0.39 is 95.6 Å². The SMILES string of the molecule is CC1=C(C(=O)O)[C@@H](c2ccc(C#N)cc2)N(CC(=O)NCC[N+](C)(C)CCNC(=O)CN2C(=O)N(c3cccc(C(F)(F)F)c3)C(C)=C(C(=O)O)[C@H]2c2ccc(C#N)cc2)C(=O)N1c1cccc(C(F)(F)F)c1.[I-]. The third-order valence-corrected chi connectivity index (χ3v) is 12.2. The zero-order valence-electron chi connectivity index (χ0n) is 39.8. The fourth-order valence-corrected chi connectivity index (χ4v) is 8.53. The van der Waals surface area contributed by atoms with Gasteiger partial charge in [0.05, 0.1) is 109 Å². The zero-order chi connectivity index (χ0) is 53.7. The highest BCUT2D eigenvalue weighted by molar-refractivity contribution is 6.05. The molecule has 2 aliphatic heterocycles. The summed E-state index contributed by atoms with van der Waals surface area (Å²) in [6.07, 6.45) is -9.63. The second-order valence-electron chi connectivity index (χ2n) is 17.6. The molecule has 388 valence electrons. The maximum atomic E-state index is 14.3. The molecule has 0 unspecified atom stereocenters. The summed E-state index contributed by atoms with van der Waals surface area (Å²) in [6, 6.07) is 17.5. The highest BCUT2D eigenvalue weighted by Crippen LogP contribution is 2.43. The molecule has 0 spiro atoms. The number of quaternary nitrogens is 1. The van der Waals surface area contributed by atoms with Crippen LogP contribution in [0.2, 0.25) is 0 Å². The summed E-state index contributed by atoms with van der Waals surface area (Å²) in [5.74, 6) is -4.62. The van der Waals surface area contributed by atoms with Crippen molar-refractivity contribution in [3.63, 3.8) is 0 Å². The molecular formula is C50H46F6IN9O8. The number of carbonyl (C=O) groups is 6. The van der Waals surface area contributed by atoms with Crippen LogP contribution in [0.15, 0.2) is 120 Å². The van der Waals surface area contributed by atoms with Crippen molar-refractivity contribution in [2.45, 2.75) is 38.3 Å². The van der Waals surface area contributed by atoms with Gasteiger partial charge in [-0.25, -0.2) is 19.2 Å². The lowest BCUT2D eigenvalue weighted by atomic mass is 9.92. The van der Waals surface area contributed by atoms with Gasteiger partial charge in [-0.05, 0) is 85.6 Å². The van der Waals surface area contributed by atoms with Crippen molar-refractivity contribution in [1.82, 2.24) is 20.4 Å². The van der Waals surface area contributed by atoms with Gasteiger partial charge < -0.3 is 59.1 Å². The van der Waals surface area contributed by atoms with Crippen molar-refractivity contribution in [2.75, 3.05) is 63.2 Å². The summed E-state index contributed by atoms with van der Waals surface area (Å²) in [4.78, 5) is 85.2. The summed E-state index contributed by atoms with van der Waals surface area (Å²) in [6.45, 7) is 1.25. The van der Waals surface area contributed by atoms with E-state index in [1.54, 1.807) is 14.1 Å². The van der Waals surface area contributed by atoms with Crippen molar-refractivity contribution < 1.29 is 93.8 Å². The van der Waals surface area contributed by atoms with Crippen molar-refractivity contribution in [3.05, 3.63) is 153 Å². The first-order valence-corrected chi connectivity index (χ1v) is 22.1. The molecule has 4 aromatic carbocycles. The van der Waals surface area contributed by atoms with Crippen LogP contribution in [0.25, 0.3) is 0 Å². The molecule has 2 atom stereocenters. The average Bonchev–Trinajstić information content (AvgIpc) is 3.32. The quantitative estimate of drug-likeness (QED) is 0.0712. The van der Waals surface area contributed by atoms with E-state index in [4.69, 9.17) is 0 Å². The minimum absolute atomic E-state index is 0. The van der Waals surface area contributed by atoms with Crippen molar-refractivity contribution >= 4 is 47.2 Å². The first kappa shape index (κ1) is 56.9. The molecule has 17 nitrogen and oxygen atoms in total. The molecule has 0 saturated carbocycles. The highest BCUT2D eigenvalue weighted by atomic mass is 127. The van der Waals surface area contributed by atoms with E-state index in [2.05, 4.69) is 10.6 Å². The molecule has 0 aliphatic carbocycles. The maximum absolute atomic E-state index is 14.3. The van der Waals surface area contributed by atoms with Gasteiger partial charge in [0.25, 0.3) is 0 Å². The van der Waals surface area contributed by atoms with E-state index >= 15 is 0 Å². The number of halogens is 7. The van der Waals surface area contributed by atoms with E-state index in [0.717, 1.165) is 43.9 Å². The number of carbonyl (C=O) groups excluding carboxylic acids is 4. The normalized spacial score (nSPS) is 16.3. The Morgan fingerprint density at radius 3 is 1.24 bits per heavy atom. The molecule has 0 bridgehead atoms. The van der Waals surface area contributed by atoms with Crippen molar-refractivity contribution in [3.8, 4) is 12.1 Å². The number of rotatable bonds is 16. The molecule has 0 radical (unpaired) electrons. The van der Waals surface area contributed by atoms with E-state index in [-0.39, 0.29) is 99.7 Å². The minimum Gasteiger partial charge on any atom is -1.00 e. The van der Waals surface area contributed by atoms with Gasteiger partial charge in [-0.3, -0.25) is 19.4 Å². The van der Waals surface area contributed by atoms with Crippen LogP contribution in [0.5, 0.6) is 0 Å². The van der Waals surface area contributed by atoms with Crippen LogP contribution in [-0.2, 0) is 31.5 Å². The van der Waals surface area contributed by atoms with Gasteiger partial charge in [0.2, 0.25) is 11.8 Å². The Hall–Kier alpha value is -7.97. The third-order valence-electron chi connectivity index (χ3n) is 12.2. The number of carboxylic acids is 2. The van der Waals surface area contributed by atoms with E-state index in [1.165, 1.54) is 74.5 Å². The number of likely N-dealkylation sites (N-methyl/N-ethyl adjacent to an activating group) is 1. The van der Waals surface area contributed by atoms with Gasteiger partial charge >= 0.3 is 36.4 Å². The maximum Gasteiger partial charge on any atom is 0.416 e. The number of nitrogens with zero attached hydrogens (tertiary/aromatic N) is 7. The highest BCUT2D eigenvalue weighted by Gasteiger charge is 2.46. The predicted molar refractivity (Wildman–Crippen MR) is 248 cm³/mol. The lowest BCUT2D eigenvalue weighted by Gasteiger charge is -2.42. The molecule has 74 heavy (non-hydrogen) atoms. The Labute approximate surface area is 436 Å². The molecule has 4 aromatic rings. The second-order valence-corrected chi connectivity index (χ2v) is 17.6. The van der Waals surface area contributed by atoms with Crippen LogP contribution in [0.4, 0.5) is 47.3 Å². The number of amides is 6. The monoisotopic (exact) mass is 1140 g/mol. The summed E-state index contributed by atoms with van der Waals surface area (Å²) in [5, 5.41) is 45.1. The van der Waals surface area contributed by atoms with Crippen LogP contribution in [0, 0.1) is 22.7 Å². The van der Waals surface area contributed by atoms with Crippen LogP contribution in [0.3, 0.4) is 0 Å². The number of urea groups is 2. The Morgan fingerprint density at radius 2 is 0.946 bits per heavy atom. The first-order chi connectivity index (χ1) is 34.3. The molecular weight excluding hydrogens is 1100 g/mol. The molecule has 0 saturated heterocycles. The Balaban J connectivity index is 0.0000101. The third kappa shape index (κ3) is 12.6. The second kappa shape index (κ2) is 22.8. The summed E-state index contributed by atoms with van der Waals surface area (Å²) in [7, 11) is 3.48. The molecule has 2 heterocycles. The summed E-state index contributed by atoms with van der Waals surface area (Å²) < 4.78 is 82.8. The number of aliphatic carboxylic acids is 2. The number of hydrogen-bond donors (Lipinski definition) is 4. The van der Waals surface area contributed by atoms with Crippen LogP contribution in [-0.4, -0.2) is 114 Å². The molecule has 2 aliphatic rings. The molecule has 6 rings (SSSR count). The number of hydrogen-bond acceptors (Lipinski definition) is 8. The number of alkyl halides is 6. The smallest absolute Gasteiger partial charge is 0.416 e. The Morgan fingerprint density at radius 1 is 0.608 bits per heavy atom. The van der Waals surface area contributed by atoms with E-state index in [0.29, 0.717) is 12.1 Å². The van der Waals surface area contributed by atoms with Gasteiger partial charge in [-0.1, -0.05) is 36.4 Å². The molecule has 0 aromatic heterocycles. The minimum atomic E-state index is -4.82. The summed E-state index contributed by atoms with van der Waals surface area (Å²) >= 11 is 0. The van der Waals surface area contributed by atoms with Gasteiger partial charge in [0.1, 0.15) is 13.1 Å². The van der Waals surface area contributed by atoms with Gasteiger partial charge in [0, 0.05) is 11.4 Å². The zero-order valence-corrected chi connectivity index (χ0v) is 41.9. The largest absolute Gasteiger partial charge is 1.00 e. The predicted octanol–water partition coefficient (Wildman–Crippen LogP) is 4.16. The standard InChI is InChI=1S/C50H45F6N9O8.HI/c1-29-41(45(68)69)43(33-15-11-31(25-57)12-16-33)61(47(72)63(29)37-9-5-7-35(23-37)49(51,52)53)27-39(66)59-19-21-65(3,4)22-20-60-40(67)28-62-44(34-17-13-32(26-58)14-18-34)42(46(70)71)30(2)64(48(62)73)38-10-6-8-36(24-38)50(54,55)56;/h5-18,23-24,43-44H,19-22,27-28H2,1-4H3,(H3-,59,60,66,67,68,69,70,71);1H/t43-,44-;/m1./s1. The van der Waals surface area contributed by atoms with Crippen molar-refractivity contribution in [2.24, 2.45) is 0 Å². The lowest BCUT2D eigenvalue weighted by Crippen LogP contribution is -3.00.